The molecule has 0 aromatic carbocycles. The maximum absolute atomic E-state index is 12.8. The van der Waals surface area contributed by atoms with Gasteiger partial charge in [-0.25, -0.2) is 9.59 Å². The van der Waals surface area contributed by atoms with E-state index in [1.165, 1.54) is 41.1 Å². The van der Waals surface area contributed by atoms with Crippen LogP contribution in [0.25, 0.3) is 6.08 Å². The Bertz CT molecular complexity index is 988. The molecule has 3 rings (SSSR count). The number of nitrogens with two attached hydrogens (primary N) is 2. The molecule has 1 aromatic rings. The number of aliphatic carboxylic acids is 1. The van der Waals surface area contributed by atoms with Gasteiger partial charge in [0.15, 0.2) is 0 Å². The second-order valence-electron chi connectivity index (χ2n) is 7.64. The van der Waals surface area contributed by atoms with E-state index in [-0.39, 0.29) is 25.6 Å². The van der Waals surface area contributed by atoms with Gasteiger partial charge in [-0.05, 0) is 25.1 Å². The number of carboxylic acid groups (broad SMARTS) is 1. The Morgan fingerprint density at radius 1 is 1.30 bits per heavy atom. The number of hydrogen-bond acceptors (Lipinski definition) is 9. The van der Waals surface area contributed by atoms with Crippen molar-refractivity contribution in [3.8, 4) is 0 Å². The van der Waals surface area contributed by atoms with Gasteiger partial charge in [0.2, 0.25) is 0 Å². The molecule has 12 nitrogen and oxygen atoms in total. The lowest BCUT2D eigenvalue weighted by molar-refractivity contribution is -0.153. The zero-order chi connectivity index (χ0) is 24.2. The summed E-state index contributed by atoms with van der Waals surface area (Å²) in [5, 5.41) is 14.3. The van der Waals surface area contributed by atoms with Gasteiger partial charge in [0.25, 0.3) is 11.8 Å². The summed E-state index contributed by atoms with van der Waals surface area (Å²) in [5.74, 6) is -1.96. The van der Waals surface area contributed by atoms with E-state index in [1.54, 1.807) is 6.92 Å². The summed E-state index contributed by atoms with van der Waals surface area (Å²) in [7, 11) is 0. The molecule has 0 spiro atoms. The van der Waals surface area contributed by atoms with Crippen molar-refractivity contribution in [1.29, 1.82) is 0 Å². The first-order valence-corrected chi connectivity index (χ1v) is 11.1. The number of alkyl carbamates (subject to hydrolysis) is 1. The largest absolute Gasteiger partial charge is 0.480 e. The van der Waals surface area contributed by atoms with Gasteiger partial charge < -0.3 is 36.8 Å². The van der Waals surface area contributed by atoms with Crippen LogP contribution in [0.4, 0.5) is 4.79 Å². The third kappa shape index (κ3) is 5.10. The van der Waals surface area contributed by atoms with Gasteiger partial charge in [-0.1, -0.05) is 0 Å². The van der Waals surface area contributed by atoms with E-state index in [0.29, 0.717) is 29.9 Å². The summed E-state index contributed by atoms with van der Waals surface area (Å²) < 4.78 is 4.12. The number of ether oxygens (including phenoxy) is 1. The van der Waals surface area contributed by atoms with Crippen LogP contribution in [0.1, 0.15) is 23.0 Å². The zero-order valence-electron chi connectivity index (χ0n) is 17.9. The summed E-state index contributed by atoms with van der Waals surface area (Å²) in [6, 6.07) is 1.89. The van der Waals surface area contributed by atoms with Crippen molar-refractivity contribution in [1.82, 2.24) is 20.5 Å². The number of thioether (sulfide) groups is 1. The zero-order valence-corrected chi connectivity index (χ0v) is 18.8. The van der Waals surface area contributed by atoms with Crippen LogP contribution >= 0.6 is 11.8 Å². The Kier molecular flexibility index (Phi) is 7.56. The van der Waals surface area contributed by atoms with Crippen molar-refractivity contribution in [2.75, 3.05) is 32.8 Å². The van der Waals surface area contributed by atoms with Gasteiger partial charge in [-0.3, -0.25) is 14.6 Å². The Morgan fingerprint density at radius 2 is 2.00 bits per heavy atom. The van der Waals surface area contributed by atoms with Gasteiger partial charge in [-0.2, -0.15) is 0 Å². The highest BCUT2D eigenvalue weighted by atomic mass is 32.2. The van der Waals surface area contributed by atoms with Crippen LogP contribution in [0, 0.1) is 0 Å². The molecule has 7 N–H and O–H groups in total. The maximum Gasteiger partial charge on any atom is 0.407 e. The average Bonchev–Trinajstić information content (AvgIpc) is 3.08. The fraction of sp³-hybridized carbons (Fsp3) is 0.450. The highest BCUT2D eigenvalue weighted by Gasteiger charge is 2.63. The van der Waals surface area contributed by atoms with Gasteiger partial charge in [0.1, 0.15) is 18.0 Å². The monoisotopic (exact) mass is 478 g/mol. The number of carbonyl (C=O) groups excluding carboxylic acids is 3. The van der Waals surface area contributed by atoms with Crippen LogP contribution in [-0.2, 0) is 14.3 Å². The number of carboxylic acids is 1. The van der Waals surface area contributed by atoms with Crippen LogP contribution in [0.15, 0.2) is 23.9 Å². The van der Waals surface area contributed by atoms with Crippen molar-refractivity contribution < 1.29 is 29.0 Å². The average molecular weight is 479 g/mol. The Hall–Kier alpha value is -3.16. The highest BCUT2D eigenvalue weighted by molar-refractivity contribution is 8.02. The molecule has 1 aromatic heterocycles. The third-order valence-electron chi connectivity index (χ3n) is 5.15. The number of aromatic nitrogens is 1. The first-order valence-electron chi connectivity index (χ1n) is 10.2. The smallest absolute Gasteiger partial charge is 0.407 e. The lowest BCUT2D eigenvalue weighted by atomic mass is 9.94. The molecule has 3 atom stereocenters. The summed E-state index contributed by atoms with van der Waals surface area (Å²) in [6.07, 6.45) is 2.27. The number of hydrogen-bond donors (Lipinski definition) is 5. The molecule has 2 aliphatic heterocycles. The first-order chi connectivity index (χ1) is 15.7. The lowest BCUT2D eigenvalue weighted by Gasteiger charge is -2.39. The number of nitrogens with zero attached hydrogens (tertiary/aromatic N) is 2. The fourth-order valence-electron chi connectivity index (χ4n) is 3.61. The normalized spacial score (nSPS) is 24.8. The molecule has 13 heteroatoms. The number of rotatable bonds is 9. The van der Waals surface area contributed by atoms with Crippen molar-refractivity contribution in [2.24, 2.45) is 11.5 Å². The third-order valence-corrected chi connectivity index (χ3v) is 6.74. The number of fused-ring (bicyclic) bond motifs is 1. The summed E-state index contributed by atoms with van der Waals surface area (Å²) in [4.78, 5) is 54.2. The van der Waals surface area contributed by atoms with Crippen LogP contribution in [0.5, 0.6) is 0 Å². The van der Waals surface area contributed by atoms with Crippen molar-refractivity contribution in [3.63, 3.8) is 0 Å². The van der Waals surface area contributed by atoms with Gasteiger partial charge >= 0.3 is 12.1 Å². The minimum absolute atomic E-state index is 0.215. The molecular weight excluding hydrogens is 452 g/mol. The second-order valence-corrected chi connectivity index (χ2v) is 9.26. The molecule has 178 valence electrons. The number of carbonyl (C=O) groups is 4. The van der Waals surface area contributed by atoms with E-state index < -0.39 is 34.1 Å². The predicted octanol–water partition coefficient (Wildman–Crippen LogP) is -1.03. The number of β-lactam (4-membered cyclic amide) rings is 1. The summed E-state index contributed by atoms with van der Waals surface area (Å²) >= 11 is 1.22. The first kappa shape index (κ1) is 24.5. The van der Waals surface area contributed by atoms with E-state index in [9.17, 15) is 24.3 Å². The summed E-state index contributed by atoms with van der Waals surface area (Å²) in [6.45, 7) is 2.51. The minimum atomic E-state index is -1.19. The SMILES string of the molecule is C[C@@]1(COC(=O)NCCN)SC2/C(=C\c3cc(C(=O)NCCN)ccn3)C(=O)N2[C@H]1C(=O)O. The fourth-order valence-corrected chi connectivity index (χ4v) is 5.21. The highest BCUT2D eigenvalue weighted by Crippen LogP contribution is 2.53. The van der Waals surface area contributed by atoms with Crippen molar-refractivity contribution >= 4 is 41.7 Å². The van der Waals surface area contributed by atoms with E-state index >= 15 is 0 Å². The number of nitrogens with one attached hydrogen (secondary N) is 2. The molecular formula is C20H26N6O6S. The molecule has 0 aliphatic carbocycles. The standard InChI is InChI=1S/C20H26N6O6S/c1-20(10-32-19(31)25-7-4-22)14(18(29)30)26-16(28)13(17(26)33-20)9-12-8-11(2-5-23-12)15(27)24-6-3-21/h2,5,8-9,14,17H,3-4,6-7,10,21-22H2,1H3,(H,24,27)(H,25,31)(H,29,30)/b13-9-/t14-,17?,20-/m0/s1. The maximum atomic E-state index is 12.8. The molecule has 1 unspecified atom stereocenters. The van der Waals surface area contributed by atoms with Gasteiger partial charge in [-0.15, -0.1) is 11.8 Å². The molecule has 2 aliphatic rings. The van der Waals surface area contributed by atoms with E-state index in [0.717, 1.165) is 0 Å². The molecule has 2 saturated heterocycles. The quantitative estimate of drug-likeness (QED) is 0.216. The van der Waals surface area contributed by atoms with Gasteiger partial charge in [0.05, 0.1) is 16.0 Å². The van der Waals surface area contributed by atoms with Crippen LogP contribution in [0.2, 0.25) is 0 Å². The van der Waals surface area contributed by atoms with Gasteiger partial charge in [0, 0.05) is 37.9 Å². The van der Waals surface area contributed by atoms with Crippen LogP contribution in [0.3, 0.4) is 0 Å². The topological polar surface area (TPSA) is 190 Å². The molecule has 33 heavy (non-hydrogen) atoms. The molecule has 3 heterocycles. The van der Waals surface area contributed by atoms with Crippen molar-refractivity contribution in [2.45, 2.75) is 23.1 Å². The molecule has 0 radical (unpaired) electrons. The number of amides is 3. The Labute approximate surface area is 194 Å². The Balaban J connectivity index is 1.78. The molecule has 3 amide bonds. The Morgan fingerprint density at radius 3 is 2.67 bits per heavy atom. The van der Waals surface area contributed by atoms with Crippen LogP contribution < -0.4 is 22.1 Å². The van der Waals surface area contributed by atoms with E-state index in [1.807, 2.05) is 0 Å². The lowest BCUT2D eigenvalue weighted by Crippen LogP contribution is -2.59. The number of pyridine rings is 1. The minimum Gasteiger partial charge on any atom is -0.480 e. The molecule has 2 fully saturated rings. The summed E-state index contributed by atoms with van der Waals surface area (Å²) in [5.41, 5.74) is 11.8. The van der Waals surface area contributed by atoms with Crippen LogP contribution in [-0.4, -0.2) is 87.8 Å². The second kappa shape index (κ2) is 10.2. The van der Waals surface area contributed by atoms with Crippen molar-refractivity contribution in [3.05, 3.63) is 35.2 Å². The predicted molar refractivity (Wildman–Crippen MR) is 120 cm³/mol. The molecule has 0 bridgehead atoms. The van der Waals surface area contributed by atoms with E-state index in [2.05, 4.69) is 15.6 Å². The molecule has 0 saturated carbocycles. The van der Waals surface area contributed by atoms with E-state index in [4.69, 9.17) is 16.2 Å².